The summed E-state index contributed by atoms with van der Waals surface area (Å²) < 4.78 is 13.1. The van der Waals surface area contributed by atoms with Crippen LogP contribution < -0.4 is 5.32 Å². The summed E-state index contributed by atoms with van der Waals surface area (Å²) in [6, 6.07) is 15.6. The standard InChI is InChI=1S/C23H27FN2O2/c1-2-18-16-26(23(28)19-8-10-21(24)11-9-19)13-12-20(18)14-22(27)25-15-17-6-4-3-5-7-17/h3-11,18,20H,2,12-16H2,1H3,(H,25,27)/t18-,20-/m0/s1. The van der Waals surface area contributed by atoms with Gasteiger partial charge in [-0.15, -0.1) is 0 Å². The van der Waals surface area contributed by atoms with E-state index in [4.69, 9.17) is 0 Å². The fourth-order valence-electron chi connectivity index (χ4n) is 3.88. The minimum Gasteiger partial charge on any atom is -0.352 e. The normalized spacial score (nSPS) is 19.3. The van der Waals surface area contributed by atoms with Crippen LogP contribution in [0.15, 0.2) is 54.6 Å². The van der Waals surface area contributed by atoms with Crippen LogP contribution in [-0.4, -0.2) is 29.8 Å². The van der Waals surface area contributed by atoms with Gasteiger partial charge < -0.3 is 10.2 Å². The lowest BCUT2D eigenvalue weighted by atomic mass is 9.81. The maximum atomic E-state index is 13.1. The average molecular weight is 382 g/mol. The van der Waals surface area contributed by atoms with Gasteiger partial charge in [0.15, 0.2) is 0 Å². The van der Waals surface area contributed by atoms with Crippen molar-refractivity contribution in [3.63, 3.8) is 0 Å². The van der Waals surface area contributed by atoms with Crippen LogP contribution in [-0.2, 0) is 11.3 Å². The van der Waals surface area contributed by atoms with Crippen molar-refractivity contribution in [1.82, 2.24) is 10.2 Å². The number of benzene rings is 2. The monoisotopic (exact) mass is 382 g/mol. The Labute approximate surface area is 165 Å². The minimum absolute atomic E-state index is 0.0608. The van der Waals surface area contributed by atoms with Gasteiger partial charge in [-0.2, -0.15) is 0 Å². The Bertz CT molecular complexity index is 792. The van der Waals surface area contributed by atoms with Gasteiger partial charge in [0.25, 0.3) is 5.91 Å². The molecule has 148 valence electrons. The molecule has 1 fully saturated rings. The molecule has 0 aliphatic carbocycles. The Hall–Kier alpha value is -2.69. The summed E-state index contributed by atoms with van der Waals surface area (Å²) in [5.41, 5.74) is 1.60. The van der Waals surface area contributed by atoms with Crippen molar-refractivity contribution in [2.75, 3.05) is 13.1 Å². The van der Waals surface area contributed by atoms with Crippen molar-refractivity contribution in [1.29, 1.82) is 0 Å². The maximum absolute atomic E-state index is 13.1. The van der Waals surface area contributed by atoms with E-state index in [1.54, 1.807) is 0 Å². The summed E-state index contributed by atoms with van der Waals surface area (Å²) in [5.74, 6) is 0.220. The van der Waals surface area contributed by atoms with E-state index in [9.17, 15) is 14.0 Å². The molecule has 4 nitrogen and oxygen atoms in total. The summed E-state index contributed by atoms with van der Waals surface area (Å²) >= 11 is 0. The highest BCUT2D eigenvalue weighted by atomic mass is 19.1. The first-order chi connectivity index (χ1) is 13.6. The van der Waals surface area contributed by atoms with Crippen LogP contribution in [0.3, 0.4) is 0 Å². The van der Waals surface area contributed by atoms with E-state index in [1.165, 1.54) is 24.3 Å². The van der Waals surface area contributed by atoms with Gasteiger partial charge in [0.1, 0.15) is 5.82 Å². The number of hydrogen-bond donors (Lipinski definition) is 1. The molecule has 2 amide bonds. The van der Waals surface area contributed by atoms with Crippen molar-refractivity contribution in [2.45, 2.75) is 32.7 Å². The number of likely N-dealkylation sites (tertiary alicyclic amines) is 1. The Kier molecular flexibility index (Phi) is 6.80. The number of piperidine rings is 1. The van der Waals surface area contributed by atoms with Crippen LogP contribution in [0, 0.1) is 17.7 Å². The van der Waals surface area contributed by atoms with Crippen molar-refractivity contribution in [3.05, 3.63) is 71.5 Å². The molecule has 0 spiro atoms. The topological polar surface area (TPSA) is 49.4 Å². The quantitative estimate of drug-likeness (QED) is 0.820. The van der Waals surface area contributed by atoms with E-state index < -0.39 is 0 Å². The predicted octanol–water partition coefficient (Wildman–Crippen LogP) is 4.02. The molecule has 3 rings (SSSR count). The molecule has 2 atom stereocenters. The van der Waals surface area contributed by atoms with Gasteiger partial charge in [0.2, 0.25) is 5.91 Å². The first-order valence-electron chi connectivity index (χ1n) is 9.92. The minimum atomic E-state index is -0.344. The molecular formula is C23H27FN2O2. The second-order valence-corrected chi connectivity index (χ2v) is 7.44. The van der Waals surface area contributed by atoms with Gasteiger partial charge in [0.05, 0.1) is 0 Å². The number of halogens is 1. The smallest absolute Gasteiger partial charge is 0.253 e. The highest BCUT2D eigenvalue weighted by Crippen LogP contribution is 2.29. The van der Waals surface area contributed by atoms with E-state index in [0.29, 0.717) is 37.5 Å². The van der Waals surface area contributed by atoms with E-state index in [1.807, 2.05) is 35.2 Å². The van der Waals surface area contributed by atoms with Crippen LogP contribution in [0.1, 0.15) is 42.1 Å². The Balaban J connectivity index is 1.53. The predicted molar refractivity (Wildman–Crippen MR) is 107 cm³/mol. The summed E-state index contributed by atoms with van der Waals surface area (Å²) in [4.78, 5) is 26.9. The number of carbonyl (C=O) groups excluding carboxylic acids is 2. The molecule has 28 heavy (non-hydrogen) atoms. The van der Waals surface area contributed by atoms with Crippen molar-refractivity contribution >= 4 is 11.8 Å². The molecule has 0 saturated carbocycles. The second kappa shape index (κ2) is 9.49. The zero-order valence-electron chi connectivity index (χ0n) is 16.2. The molecular weight excluding hydrogens is 355 g/mol. The Morgan fingerprint density at radius 2 is 1.79 bits per heavy atom. The third kappa shape index (κ3) is 5.18. The molecule has 0 bridgehead atoms. The third-order valence-corrected chi connectivity index (χ3v) is 5.57. The second-order valence-electron chi connectivity index (χ2n) is 7.44. The fraction of sp³-hybridized carbons (Fsp3) is 0.391. The lowest BCUT2D eigenvalue weighted by Crippen LogP contribution is -2.44. The van der Waals surface area contributed by atoms with Crippen LogP contribution in [0.5, 0.6) is 0 Å². The van der Waals surface area contributed by atoms with Crippen LogP contribution in [0.25, 0.3) is 0 Å². The van der Waals surface area contributed by atoms with Gasteiger partial charge >= 0.3 is 0 Å². The highest BCUT2D eigenvalue weighted by molar-refractivity contribution is 5.94. The van der Waals surface area contributed by atoms with Gasteiger partial charge in [-0.25, -0.2) is 4.39 Å². The number of nitrogens with zero attached hydrogens (tertiary/aromatic N) is 1. The van der Waals surface area contributed by atoms with Crippen LogP contribution in [0.4, 0.5) is 4.39 Å². The summed E-state index contributed by atoms with van der Waals surface area (Å²) in [6.45, 7) is 3.91. The van der Waals surface area contributed by atoms with E-state index in [0.717, 1.165) is 18.4 Å². The molecule has 2 aromatic carbocycles. The summed E-state index contributed by atoms with van der Waals surface area (Å²) in [5, 5.41) is 3.00. The summed E-state index contributed by atoms with van der Waals surface area (Å²) in [6.07, 6.45) is 2.22. The third-order valence-electron chi connectivity index (χ3n) is 5.57. The molecule has 1 aliphatic rings. The molecule has 0 unspecified atom stereocenters. The first-order valence-corrected chi connectivity index (χ1v) is 9.92. The molecule has 1 N–H and O–H groups in total. The number of rotatable bonds is 6. The molecule has 0 aromatic heterocycles. The number of amides is 2. The number of carbonyl (C=O) groups is 2. The van der Waals surface area contributed by atoms with Crippen molar-refractivity contribution < 1.29 is 14.0 Å². The lowest BCUT2D eigenvalue weighted by Gasteiger charge is -2.38. The fourth-order valence-corrected chi connectivity index (χ4v) is 3.88. The SMILES string of the molecule is CC[C@H]1CN(C(=O)c2ccc(F)cc2)CC[C@H]1CC(=O)NCc1ccccc1. The van der Waals surface area contributed by atoms with Crippen molar-refractivity contribution in [3.8, 4) is 0 Å². The largest absolute Gasteiger partial charge is 0.352 e. The first kappa shape index (κ1) is 20.1. The van der Waals surface area contributed by atoms with Gasteiger partial charge in [0, 0.05) is 31.6 Å². The molecule has 1 saturated heterocycles. The molecule has 5 heteroatoms. The Morgan fingerprint density at radius 1 is 1.07 bits per heavy atom. The maximum Gasteiger partial charge on any atom is 0.253 e. The molecule has 1 heterocycles. The molecule has 2 aromatic rings. The van der Waals surface area contributed by atoms with Crippen LogP contribution >= 0.6 is 0 Å². The van der Waals surface area contributed by atoms with E-state index in [-0.39, 0.29) is 23.5 Å². The lowest BCUT2D eigenvalue weighted by molar-refractivity contribution is -0.123. The zero-order chi connectivity index (χ0) is 19.9. The summed E-state index contributed by atoms with van der Waals surface area (Å²) in [7, 11) is 0. The van der Waals surface area contributed by atoms with Crippen LogP contribution in [0.2, 0.25) is 0 Å². The van der Waals surface area contributed by atoms with Gasteiger partial charge in [-0.1, -0.05) is 43.7 Å². The average Bonchev–Trinajstić information content (AvgIpc) is 2.73. The van der Waals surface area contributed by atoms with E-state index >= 15 is 0 Å². The van der Waals surface area contributed by atoms with Crippen molar-refractivity contribution in [2.24, 2.45) is 11.8 Å². The molecule has 0 radical (unpaired) electrons. The van der Waals surface area contributed by atoms with Gasteiger partial charge in [-0.3, -0.25) is 9.59 Å². The molecule has 1 aliphatic heterocycles. The van der Waals surface area contributed by atoms with E-state index in [2.05, 4.69) is 12.2 Å². The van der Waals surface area contributed by atoms with Gasteiger partial charge in [-0.05, 0) is 48.1 Å². The number of nitrogens with one attached hydrogen (secondary N) is 1. The Morgan fingerprint density at radius 3 is 2.46 bits per heavy atom. The zero-order valence-corrected chi connectivity index (χ0v) is 16.2. The highest BCUT2D eigenvalue weighted by Gasteiger charge is 2.32. The number of hydrogen-bond acceptors (Lipinski definition) is 2.